The third kappa shape index (κ3) is 8.43. The van der Waals surface area contributed by atoms with Crippen LogP contribution in [0.25, 0.3) is 22.3 Å². The second-order valence-corrected chi connectivity index (χ2v) is 29.1. The number of anilines is 8. The summed E-state index contributed by atoms with van der Waals surface area (Å²) < 4.78 is 0. The normalized spacial score (nSPS) is 17.8. The molecule has 0 saturated carbocycles. The minimum absolute atomic E-state index is 0.0685. The fraction of sp³-hybridized carbons (Fsp3) is 0.259. The topological polar surface area (TPSA) is 9.72 Å². The minimum Gasteiger partial charge on any atom is -0.330 e. The largest absolute Gasteiger partial charge is 0.330 e. The van der Waals surface area contributed by atoms with Crippen molar-refractivity contribution in [1.29, 1.82) is 0 Å². The number of rotatable bonds is 6. The second-order valence-electron chi connectivity index (χ2n) is 29.1. The van der Waals surface area contributed by atoms with Gasteiger partial charge in [0.2, 0.25) is 0 Å². The van der Waals surface area contributed by atoms with Gasteiger partial charge >= 0.3 is 0 Å². The van der Waals surface area contributed by atoms with Crippen LogP contribution in [0.4, 0.5) is 45.5 Å². The number of aryl methyl sites for hydroxylation is 1. The van der Waals surface area contributed by atoms with E-state index in [0.29, 0.717) is 0 Å². The highest BCUT2D eigenvalue weighted by Crippen LogP contribution is 2.67. The van der Waals surface area contributed by atoms with Gasteiger partial charge in [-0.3, -0.25) is 0 Å². The lowest BCUT2D eigenvalue weighted by atomic mass is 9.33. The maximum absolute atomic E-state index is 2.82. The van der Waals surface area contributed by atoms with Gasteiger partial charge in [-0.25, -0.2) is 0 Å². The molecule has 2 unspecified atom stereocenters. The van der Waals surface area contributed by atoms with E-state index < -0.39 is 11.0 Å². The molecule has 4 heteroatoms. The van der Waals surface area contributed by atoms with E-state index >= 15 is 0 Å². The molecule has 4 aliphatic rings. The van der Waals surface area contributed by atoms with Gasteiger partial charge in [0, 0.05) is 45.3 Å². The van der Waals surface area contributed by atoms with Crippen molar-refractivity contribution in [2.24, 2.45) is 0 Å². The van der Waals surface area contributed by atoms with Crippen LogP contribution in [0.5, 0.6) is 0 Å². The Labute approximate surface area is 507 Å². The van der Waals surface area contributed by atoms with Gasteiger partial charge in [-0.2, -0.15) is 0 Å². The van der Waals surface area contributed by atoms with Crippen LogP contribution >= 0.6 is 0 Å². The third-order valence-corrected chi connectivity index (χ3v) is 19.9. The first kappa shape index (κ1) is 54.6. The third-order valence-electron chi connectivity index (χ3n) is 19.9. The van der Waals surface area contributed by atoms with Gasteiger partial charge in [-0.15, -0.1) is 0 Å². The van der Waals surface area contributed by atoms with Crippen molar-refractivity contribution in [3.63, 3.8) is 0 Å². The Balaban J connectivity index is 1.17. The molecule has 0 N–H and O–H groups in total. The molecule has 0 saturated heterocycles. The van der Waals surface area contributed by atoms with Crippen molar-refractivity contribution in [3.8, 4) is 22.3 Å². The van der Waals surface area contributed by atoms with E-state index in [-0.39, 0.29) is 28.4 Å². The molecule has 0 fully saturated rings. The summed E-state index contributed by atoms with van der Waals surface area (Å²) in [6, 6.07) is 87.4. The van der Waals surface area contributed by atoms with Gasteiger partial charge in [-0.05, 0) is 168 Å². The summed E-state index contributed by atoms with van der Waals surface area (Å²) in [6.07, 6.45) is 1.95. The summed E-state index contributed by atoms with van der Waals surface area (Å²) in [5, 5.41) is 0. The summed E-state index contributed by atoms with van der Waals surface area (Å²) in [7, 11) is 0. The number of benzene rings is 10. The van der Waals surface area contributed by atoms with E-state index in [1.807, 2.05) is 0 Å². The van der Waals surface area contributed by atoms with Crippen LogP contribution in [0.1, 0.15) is 141 Å². The number of fused-ring (bicyclic) bond motifs is 9. The molecule has 3 nitrogen and oxygen atoms in total. The van der Waals surface area contributed by atoms with E-state index in [2.05, 4.69) is 329 Å². The van der Waals surface area contributed by atoms with Gasteiger partial charge in [-0.1, -0.05) is 253 Å². The molecule has 14 rings (SSSR count). The molecule has 422 valence electrons. The Morgan fingerprint density at radius 1 is 0.365 bits per heavy atom. The highest BCUT2D eigenvalue weighted by atomic mass is 15.3. The molecule has 1 aliphatic carbocycles. The van der Waals surface area contributed by atoms with E-state index in [1.54, 1.807) is 0 Å². The van der Waals surface area contributed by atoms with Crippen LogP contribution in [-0.2, 0) is 39.0 Å². The molecule has 85 heavy (non-hydrogen) atoms. The highest BCUT2D eigenvalue weighted by molar-refractivity contribution is 7.00. The molecule has 0 spiro atoms. The molecule has 0 aromatic heterocycles. The molecule has 0 radical (unpaired) electrons. The predicted octanol–water partition coefficient (Wildman–Crippen LogP) is 19.6. The fourth-order valence-electron chi connectivity index (χ4n) is 15.3. The second kappa shape index (κ2) is 19.3. The van der Waals surface area contributed by atoms with Crippen molar-refractivity contribution in [3.05, 3.63) is 269 Å². The first-order valence-corrected chi connectivity index (χ1v) is 31.1. The summed E-state index contributed by atoms with van der Waals surface area (Å²) in [4.78, 5) is 8.17. The van der Waals surface area contributed by atoms with E-state index in [1.165, 1.54) is 117 Å². The SMILES string of the molecule is CC(C)(C)c1ccc2c(c1)B1c3ccccc3N(c3ccc(C(C)(C)C)cc3-c3ccccc3)c3cc(N4c5ccc(C(C)(C)C)cc5C5(c6ccccc6)CCc6ccccc6C45C)cc(c31)N2c1ccc(C(C)(C)C)cc1-c1ccccc1. The lowest BCUT2D eigenvalue weighted by Gasteiger charge is -2.53. The van der Waals surface area contributed by atoms with Crippen LogP contribution in [0.2, 0.25) is 0 Å². The number of para-hydroxylation sites is 1. The molecule has 10 aromatic rings. The van der Waals surface area contributed by atoms with Crippen LogP contribution in [0, 0.1) is 0 Å². The van der Waals surface area contributed by atoms with E-state index in [9.17, 15) is 0 Å². The van der Waals surface area contributed by atoms with Crippen LogP contribution in [-0.4, -0.2) is 6.71 Å². The maximum Gasteiger partial charge on any atom is 0.252 e. The average molecular weight is 1110 g/mol. The molecule has 3 heterocycles. The van der Waals surface area contributed by atoms with Crippen molar-refractivity contribution in [2.75, 3.05) is 14.7 Å². The maximum atomic E-state index is 2.82. The van der Waals surface area contributed by atoms with Crippen LogP contribution in [0.15, 0.2) is 224 Å². The molecule has 0 amide bonds. The smallest absolute Gasteiger partial charge is 0.252 e. The zero-order valence-electron chi connectivity index (χ0n) is 52.2. The molecule has 0 bridgehead atoms. The first-order chi connectivity index (χ1) is 40.6. The lowest BCUT2D eigenvalue weighted by molar-refractivity contribution is 0.270. The predicted molar refractivity (Wildman–Crippen MR) is 364 cm³/mol. The van der Waals surface area contributed by atoms with Crippen molar-refractivity contribution >= 4 is 68.6 Å². The van der Waals surface area contributed by atoms with E-state index in [4.69, 9.17) is 0 Å². The summed E-state index contributed by atoms with van der Waals surface area (Å²) in [6.45, 7) is 30.7. The number of hydrogen-bond acceptors (Lipinski definition) is 3. The van der Waals surface area contributed by atoms with Crippen molar-refractivity contribution in [2.45, 2.75) is 135 Å². The Hall–Kier alpha value is -8.34. The van der Waals surface area contributed by atoms with Gasteiger partial charge in [0.05, 0.1) is 22.3 Å². The molecule has 2 atom stereocenters. The van der Waals surface area contributed by atoms with Crippen LogP contribution < -0.4 is 31.1 Å². The number of nitrogens with zero attached hydrogens (tertiary/aromatic N) is 3. The molecule has 10 aromatic carbocycles. The van der Waals surface area contributed by atoms with Crippen LogP contribution in [0.3, 0.4) is 0 Å². The Morgan fingerprint density at radius 3 is 1.34 bits per heavy atom. The fourth-order valence-corrected chi connectivity index (χ4v) is 15.3. The van der Waals surface area contributed by atoms with Crippen molar-refractivity contribution in [1.82, 2.24) is 0 Å². The zero-order chi connectivity index (χ0) is 59.2. The standard InChI is InChI=1S/C81H80BN3/c1-76(2,3)57-37-41-68(62(47-57)53-27-17-14-18-28-53)83-71-36-26-25-35-66(71)82-67-50-60(79(10,11)12)40-44-72(67)84(69-42-38-58(77(4,5)6)48-63(69)54-29-19-15-20-30-54)74-52-61(51-73(83)75(74)82)85-70-43-39-59(78(7,8)9)49-65(70)81(56-32-21-16-22-33-56)46-45-55-31-23-24-34-64(55)80(81,85)13/h14-44,47-52H,45-46H2,1-13H3. The average Bonchev–Trinajstić information content (AvgIpc) is 1.59. The highest BCUT2D eigenvalue weighted by Gasteiger charge is 2.63. The first-order valence-electron chi connectivity index (χ1n) is 31.1. The number of hydrogen-bond donors (Lipinski definition) is 0. The van der Waals surface area contributed by atoms with Gasteiger partial charge in [0.1, 0.15) is 0 Å². The zero-order valence-corrected chi connectivity index (χ0v) is 52.2. The Bertz CT molecular complexity index is 4250. The molecular weight excluding hydrogens is 1030 g/mol. The van der Waals surface area contributed by atoms with Crippen molar-refractivity contribution < 1.29 is 0 Å². The molecule has 3 aliphatic heterocycles. The Kier molecular flexibility index (Phi) is 12.4. The quantitative estimate of drug-likeness (QED) is 0.154. The van der Waals surface area contributed by atoms with Gasteiger partial charge in [0.15, 0.2) is 0 Å². The van der Waals surface area contributed by atoms with E-state index in [0.717, 1.165) is 24.2 Å². The Morgan fingerprint density at radius 2 is 0.800 bits per heavy atom. The summed E-state index contributed by atoms with van der Waals surface area (Å²) >= 11 is 0. The van der Waals surface area contributed by atoms with Gasteiger partial charge in [0.25, 0.3) is 6.71 Å². The summed E-state index contributed by atoms with van der Waals surface area (Å²) in [5.41, 5.74) is 27.9. The monoisotopic (exact) mass is 1110 g/mol. The molecular formula is C81H80BN3. The minimum atomic E-state index is -0.577. The summed E-state index contributed by atoms with van der Waals surface area (Å²) in [5.74, 6) is 0. The lowest BCUT2D eigenvalue weighted by Crippen LogP contribution is -2.61. The van der Waals surface area contributed by atoms with Gasteiger partial charge < -0.3 is 14.7 Å².